The fourth-order valence-electron chi connectivity index (χ4n) is 1.76. The summed E-state index contributed by atoms with van der Waals surface area (Å²) < 4.78 is 1.80. The second-order valence-electron chi connectivity index (χ2n) is 3.79. The van der Waals surface area contributed by atoms with Crippen molar-refractivity contribution in [2.24, 2.45) is 0 Å². The second kappa shape index (κ2) is 4.45. The number of hydrogen-bond donors (Lipinski definition) is 1. The van der Waals surface area contributed by atoms with Crippen molar-refractivity contribution in [3.8, 4) is 0 Å². The Morgan fingerprint density at radius 1 is 1.47 bits per heavy atom. The van der Waals surface area contributed by atoms with Gasteiger partial charge in [0.05, 0.1) is 17.8 Å². The van der Waals surface area contributed by atoms with Gasteiger partial charge >= 0.3 is 0 Å². The molecule has 1 unspecified atom stereocenters. The molecule has 0 aliphatic heterocycles. The number of unbranched alkanes of at least 4 members (excludes halogenated alkanes) is 1. The molecule has 3 heteroatoms. The highest BCUT2D eigenvalue weighted by Gasteiger charge is 2.12. The molecule has 15 heavy (non-hydrogen) atoms. The molecule has 0 aliphatic rings. The SMILES string of the molecule is CCCCC(O)c1cnn2ccccc12. The monoisotopic (exact) mass is 204 g/mol. The van der Waals surface area contributed by atoms with Gasteiger partial charge in [-0.1, -0.05) is 25.8 Å². The van der Waals surface area contributed by atoms with Crippen molar-refractivity contribution < 1.29 is 5.11 Å². The van der Waals surface area contributed by atoms with Gasteiger partial charge in [-0.05, 0) is 18.6 Å². The summed E-state index contributed by atoms with van der Waals surface area (Å²) in [7, 11) is 0. The first-order valence-electron chi connectivity index (χ1n) is 5.43. The van der Waals surface area contributed by atoms with Gasteiger partial charge in [0.15, 0.2) is 0 Å². The van der Waals surface area contributed by atoms with E-state index in [1.807, 2.05) is 24.4 Å². The van der Waals surface area contributed by atoms with Crippen molar-refractivity contribution >= 4 is 5.52 Å². The van der Waals surface area contributed by atoms with Crippen LogP contribution in [0.2, 0.25) is 0 Å². The number of nitrogens with zero attached hydrogens (tertiary/aromatic N) is 2. The van der Waals surface area contributed by atoms with E-state index in [0.29, 0.717) is 0 Å². The molecule has 0 fully saturated rings. The first-order valence-corrected chi connectivity index (χ1v) is 5.43. The van der Waals surface area contributed by atoms with E-state index < -0.39 is 0 Å². The highest BCUT2D eigenvalue weighted by Crippen LogP contribution is 2.23. The highest BCUT2D eigenvalue weighted by molar-refractivity contribution is 5.54. The van der Waals surface area contributed by atoms with Crippen molar-refractivity contribution in [1.82, 2.24) is 9.61 Å². The van der Waals surface area contributed by atoms with Crippen LogP contribution in [-0.2, 0) is 0 Å². The van der Waals surface area contributed by atoms with Crippen LogP contribution in [0, 0.1) is 0 Å². The lowest BCUT2D eigenvalue weighted by atomic mass is 10.1. The van der Waals surface area contributed by atoms with E-state index in [2.05, 4.69) is 12.0 Å². The van der Waals surface area contributed by atoms with E-state index in [1.165, 1.54) is 0 Å². The Morgan fingerprint density at radius 2 is 2.33 bits per heavy atom. The number of aliphatic hydroxyl groups is 1. The predicted molar refractivity (Wildman–Crippen MR) is 59.7 cm³/mol. The maximum Gasteiger partial charge on any atom is 0.0826 e. The van der Waals surface area contributed by atoms with Crippen LogP contribution in [0.5, 0.6) is 0 Å². The minimum absolute atomic E-state index is 0.384. The Kier molecular flexibility index (Phi) is 3.02. The summed E-state index contributed by atoms with van der Waals surface area (Å²) in [6.07, 6.45) is 6.24. The molecule has 0 aliphatic carbocycles. The topological polar surface area (TPSA) is 37.5 Å². The molecule has 80 valence electrons. The number of hydrogen-bond acceptors (Lipinski definition) is 2. The van der Waals surface area contributed by atoms with Gasteiger partial charge in [0.2, 0.25) is 0 Å². The highest BCUT2D eigenvalue weighted by atomic mass is 16.3. The molecule has 2 heterocycles. The van der Waals surface area contributed by atoms with Gasteiger partial charge in [-0.3, -0.25) is 0 Å². The quantitative estimate of drug-likeness (QED) is 0.831. The first kappa shape index (κ1) is 10.2. The van der Waals surface area contributed by atoms with E-state index in [1.54, 1.807) is 10.7 Å². The van der Waals surface area contributed by atoms with Crippen LogP contribution in [0.15, 0.2) is 30.6 Å². The molecule has 3 nitrogen and oxygen atoms in total. The zero-order valence-corrected chi connectivity index (χ0v) is 8.93. The zero-order valence-electron chi connectivity index (χ0n) is 8.93. The van der Waals surface area contributed by atoms with Gasteiger partial charge in [0.1, 0.15) is 0 Å². The first-order chi connectivity index (χ1) is 7.33. The van der Waals surface area contributed by atoms with Crippen molar-refractivity contribution in [2.45, 2.75) is 32.3 Å². The number of pyridine rings is 1. The predicted octanol–water partition coefficient (Wildman–Crippen LogP) is 2.56. The van der Waals surface area contributed by atoms with Crippen LogP contribution < -0.4 is 0 Å². The molecule has 0 radical (unpaired) electrons. The van der Waals surface area contributed by atoms with Crippen molar-refractivity contribution in [2.75, 3.05) is 0 Å². The molecule has 1 N–H and O–H groups in total. The van der Waals surface area contributed by atoms with E-state index >= 15 is 0 Å². The van der Waals surface area contributed by atoms with Crippen LogP contribution in [0.3, 0.4) is 0 Å². The van der Waals surface area contributed by atoms with E-state index in [4.69, 9.17) is 0 Å². The maximum absolute atomic E-state index is 9.99. The van der Waals surface area contributed by atoms with Gasteiger partial charge in [-0.2, -0.15) is 5.10 Å². The summed E-state index contributed by atoms with van der Waals surface area (Å²) in [6, 6.07) is 5.88. The lowest BCUT2D eigenvalue weighted by Crippen LogP contribution is -1.96. The van der Waals surface area contributed by atoms with Crippen molar-refractivity contribution in [1.29, 1.82) is 0 Å². The molecule has 0 aromatic carbocycles. The van der Waals surface area contributed by atoms with E-state index in [0.717, 1.165) is 30.3 Å². The van der Waals surface area contributed by atoms with E-state index in [-0.39, 0.29) is 6.10 Å². The summed E-state index contributed by atoms with van der Waals surface area (Å²) in [5.41, 5.74) is 1.94. The molecule has 0 bridgehead atoms. The zero-order chi connectivity index (χ0) is 10.7. The Hall–Kier alpha value is -1.35. The molecule has 0 saturated heterocycles. The summed E-state index contributed by atoms with van der Waals surface area (Å²) in [4.78, 5) is 0. The third-order valence-corrected chi connectivity index (χ3v) is 2.65. The van der Waals surface area contributed by atoms with Gasteiger partial charge in [0, 0.05) is 11.8 Å². The molecule has 1 atom stereocenters. The largest absolute Gasteiger partial charge is 0.388 e. The molecular weight excluding hydrogens is 188 g/mol. The minimum Gasteiger partial charge on any atom is -0.388 e. The number of fused-ring (bicyclic) bond motifs is 1. The Labute approximate surface area is 89.4 Å². The third kappa shape index (κ3) is 2.02. The Bertz CT molecular complexity index is 436. The Morgan fingerprint density at radius 3 is 3.13 bits per heavy atom. The van der Waals surface area contributed by atoms with Crippen LogP contribution in [-0.4, -0.2) is 14.7 Å². The number of aliphatic hydroxyl groups excluding tert-OH is 1. The lowest BCUT2D eigenvalue weighted by Gasteiger charge is -2.07. The van der Waals surface area contributed by atoms with Gasteiger partial charge in [-0.15, -0.1) is 0 Å². The van der Waals surface area contributed by atoms with Crippen LogP contribution >= 0.6 is 0 Å². The number of aromatic nitrogens is 2. The maximum atomic E-state index is 9.99. The number of rotatable bonds is 4. The average Bonchev–Trinajstić information content (AvgIpc) is 2.69. The lowest BCUT2D eigenvalue weighted by molar-refractivity contribution is 0.165. The third-order valence-electron chi connectivity index (χ3n) is 2.65. The smallest absolute Gasteiger partial charge is 0.0826 e. The van der Waals surface area contributed by atoms with Crippen LogP contribution in [0.1, 0.15) is 37.9 Å². The van der Waals surface area contributed by atoms with Crippen molar-refractivity contribution in [3.05, 3.63) is 36.2 Å². The normalized spacial score (nSPS) is 13.2. The molecular formula is C12H16N2O. The van der Waals surface area contributed by atoms with Crippen LogP contribution in [0.4, 0.5) is 0 Å². The molecule has 0 spiro atoms. The second-order valence-corrected chi connectivity index (χ2v) is 3.79. The summed E-state index contributed by atoms with van der Waals surface area (Å²) in [6.45, 7) is 2.13. The van der Waals surface area contributed by atoms with Crippen molar-refractivity contribution in [3.63, 3.8) is 0 Å². The molecule has 0 saturated carbocycles. The minimum atomic E-state index is -0.384. The van der Waals surface area contributed by atoms with Gasteiger partial charge in [-0.25, -0.2) is 4.52 Å². The Balaban J connectivity index is 2.27. The fraction of sp³-hybridized carbons (Fsp3) is 0.417. The molecule has 2 rings (SSSR count). The standard InChI is InChI=1S/C12H16N2O/c1-2-3-7-12(15)10-9-13-14-8-5-4-6-11(10)14/h4-6,8-9,12,15H,2-3,7H2,1H3. The fourth-order valence-corrected chi connectivity index (χ4v) is 1.76. The summed E-state index contributed by atoms with van der Waals surface area (Å²) in [5.74, 6) is 0. The van der Waals surface area contributed by atoms with Gasteiger partial charge in [0.25, 0.3) is 0 Å². The average molecular weight is 204 g/mol. The van der Waals surface area contributed by atoms with Crippen LogP contribution in [0.25, 0.3) is 5.52 Å². The van der Waals surface area contributed by atoms with E-state index in [9.17, 15) is 5.11 Å². The molecule has 0 amide bonds. The summed E-state index contributed by atoms with van der Waals surface area (Å²) >= 11 is 0. The molecule has 2 aromatic heterocycles. The molecule has 2 aromatic rings. The summed E-state index contributed by atoms with van der Waals surface area (Å²) in [5, 5.41) is 14.2. The van der Waals surface area contributed by atoms with Gasteiger partial charge < -0.3 is 5.11 Å².